The third-order valence-corrected chi connectivity index (χ3v) is 5.72. The highest BCUT2D eigenvalue weighted by atomic mass is 35.5. The zero-order valence-electron chi connectivity index (χ0n) is 19.1. The molecule has 37 heavy (non-hydrogen) atoms. The molecule has 0 saturated carbocycles. The number of nitrogens with two attached hydrogens (primary N) is 1. The first-order chi connectivity index (χ1) is 17.5. The monoisotopic (exact) mass is 535 g/mol. The minimum atomic E-state index is -4.90. The number of amides is 2. The second kappa shape index (κ2) is 10.1. The van der Waals surface area contributed by atoms with Gasteiger partial charge in [0.15, 0.2) is 0 Å². The molecule has 0 spiro atoms. The van der Waals surface area contributed by atoms with E-state index in [0.29, 0.717) is 4.90 Å². The Labute approximate surface area is 213 Å². The molecule has 2 aromatic carbocycles. The first-order valence-corrected chi connectivity index (χ1v) is 11.1. The van der Waals surface area contributed by atoms with Crippen molar-refractivity contribution in [1.29, 1.82) is 0 Å². The molecule has 2 heterocycles. The van der Waals surface area contributed by atoms with Gasteiger partial charge in [-0.15, -0.1) is 0 Å². The topological polar surface area (TPSA) is 94.8 Å². The Morgan fingerprint density at radius 1 is 1.11 bits per heavy atom. The van der Waals surface area contributed by atoms with Crippen LogP contribution in [-0.2, 0) is 16.2 Å². The molecule has 0 bridgehead atoms. The lowest BCUT2D eigenvalue weighted by molar-refractivity contribution is -0.134. The van der Waals surface area contributed by atoms with Gasteiger partial charge in [0.25, 0.3) is 5.91 Å². The summed E-state index contributed by atoms with van der Waals surface area (Å²) >= 11 is 6.09. The number of nitrogens with zero attached hydrogens (tertiary/aromatic N) is 2. The molecule has 192 valence electrons. The van der Waals surface area contributed by atoms with Gasteiger partial charge in [-0.2, -0.15) is 18.2 Å². The van der Waals surface area contributed by atoms with Crippen LogP contribution in [0.4, 0.5) is 28.9 Å². The molecule has 7 nitrogen and oxygen atoms in total. The fourth-order valence-corrected chi connectivity index (χ4v) is 3.72. The Morgan fingerprint density at radius 3 is 2.49 bits per heavy atom. The first kappa shape index (κ1) is 26.0. The van der Waals surface area contributed by atoms with E-state index in [4.69, 9.17) is 26.8 Å². The molecule has 2 amide bonds. The number of pyridine rings is 1. The van der Waals surface area contributed by atoms with Crippen molar-refractivity contribution >= 4 is 34.8 Å². The number of carbonyl (C=O) groups is 2. The lowest BCUT2D eigenvalue weighted by Gasteiger charge is -2.30. The van der Waals surface area contributed by atoms with Gasteiger partial charge in [0.2, 0.25) is 17.7 Å². The van der Waals surface area contributed by atoms with Gasteiger partial charge in [-0.05, 0) is 24.6 Å². The van der Waals surface area contributed by atoms with Gasteiger partial charge < -0.3 is 15.2 Å². The highest BCUT2D eigenvalue weighted by molar-refractivity contribution is 6.32. The maximum Gasteiger partial charge on any atom is 0.413 e. The number of nitrogen functional groups attached to an aromatic ring is 1. The van der Waals surface area contributed by atoms with E-state index in [-0.39, 0.29) is 40.9 Å². The van der Waals surface area contributed by atoms with Crippen LogP contribution in [0.15, 0.2) is 66.2 Å². The van der Waals surface area contributed by atoms with Gasteiger partial charge >= 0.3 is 6.18 Å². The van der Waals surface area contributed by atoms with Crippen molar-refractivity contribution in [1.82, 2.24) is 4.98 Å². The molecule has 1 unspecified atom stereocenters. The number of ether oxygens (including phenoxy) is 2. The van der Waals surface area contributed by atoms with Gasteiger partial charge in [0.05, 0.1) is 27.9 Å². The predicted molar refractivity (Wildman–Crippen MR) is 127 cm³/mol. The summed E-state index contributed by atoms with van der Waals surface area (Å²) in [6.45, 7) is 1.13. The summed E-state index contributed by atoms with van der Waals surface area (Å²) in [5.74, 6) is -5.71. The SMILES string of the molecule is CC1C(=O)N(c2cc(Oc3ccc(N)c(OCc4ccccc4)n3)c(Cl)cc2F)C(=O)C=C1C(F)(F)F. The van der Waals surface area contributed by atoms with Gasteiger partial charge in [-0.1, -0.05) is 41.9 Å². The van der Waals surface area contributed by atoms with Gasteiger partial charge in [-0.3, -0.25) is 9.59 Å². The highest BCUT2D eigenvalue weighted by Gasteiger charge is 2.46. The van der Waals surface area contributed by atoms with Crippen molar-refractivity contribution in [3.63, 3.8) is 0 Å². The second-order valence-electron chi connectivity index (χ2n) is 7.99. The molecule has 0 radical (unpaired) electrons. The number of benzene rings is 2. The summed E-state index contributed by atoms with van der Waals surface area (Å²) < 4.78 is 65.6. The molecule has 0 fully saturated rings. The van der Waals surface area contributed by atoms with Gasteiger partial charge in [-0.25, -0.2) is 9.29 Å². The summed E-state index contributed by atoms with van der Waals surface area (Å²) in [5.41, 5.74) is 5.03. The zero-order valence-corrected chi connectivity index (χ0v) is 19.8. The number of imide groups is 1. The largest absolute Gasteiger partial charge is 0.471 e. The van der Waals surface area contributed by atoms with Crippen LogP contribution in [0.5, 0.6) is 17.5 Å². The second-order valence-corrected chi connectivity index (χ2v) is 8.39. The van der Waals surface area contributed by atoms with Crippen molar-refractivity contribution in [2.75, 3.05) is 10.6 Å². The van der Waals surface area contributed by atoms with Crippen LogP contribution in [0.3, 0.4) is 0 Å². The molecular weight excluding hydrogens is 518 g/mol. The summed E-state index contributed by atoms with van der Waals surface area (Å²) in [6.07, 6.45) is -4.64. The fourth-order valence-electron chi connectivity index (χ4n) is 3.54. The van der Waals surface area contributed by atoms with Gasteiger partial charge in [0, 0.05) is 18.2 Å². The molecule has 0 saturated heterocycles. The van der Waals surface area contributed by atoms with E-state index in [0.717, 1.165) is 24.6 Å². The Hall–Kier alpha value is -4.12. The van der Waals surface area contributed by atoms with Crippen LogP contribution >= 0.6 is 11.6 Å². The lowest BCUT2D eigenvalue weighted by Crippen LogP contribution is -2.46. The maximum absolute atomic E-state index is 14.8. The van der Waals surface area contributed by atoms with Crippen molar-refractivity contribution in [3.05, 3.63) is 82.6 Å². The van der Waals surface area contributed by atoms with Crippen LogP contribution in [0.25, 0.3) is 0 Å². The summed E-state index contributed by atoms with van der Waals surface area (Å²) in [5, 5.41) is -0.247. The summed E-state index contributed by atoms with van der Waals surface area (Å²) in [6, 6.07) is 13.7. The molecule has 1 aliphatic heterocycles. The number of anilines is 2. The Kier molecular flexibility index (Phi) is 7.08. The zero-order chi connectivity index (χ0) is 26.9. The number of carbonyl (C=O) groups excluding carboxylic acids is 2. The molecule has 1 aromatic heterocycles. The van der Waals surface area contributed by atoms with E-state index in [1.807, 2.05) is 30.3 Å². The van der Waals surface area contributed by atoms with Crippen molar-refractivity contribution in [2.24, 2.45) is 5.92 Å². The number of hydrogen-bond donors (Lipinski definition) is 1. The molecule has 2 N–H and O–H groups in total. The van der Waals surface area contributed by atoms with Gasteiger partial charge in [0.1, 0.15) is 18.2 Å². The molecule has 12 heteroatoms. The minimum absolute atomic E-state index is 0.0415. The van der Waals surface area contributed by atoms with E-state index in [1.165, 1.54) is 12.1 Å². The Bertz CT molecular complexity index is 1400. The van der Waals surface area contributed by atoms with E-state index in [2.05, 4.69) is 4.98 Å². The number of alkyl halides is 3. The predicted octanol–water partition coefficient (Wildman–Crippen LogP) is 5.83. The average molecular weight is 536 g/mol. The standard InChI is InChI=1S/C25H18ClF4N3O4/c1-13-15(25(28,29)30)9-22(34)33(24(13)35)19-11-20(16(26)10-17(19)27)37-21-8-7-18(31)23(32-21)36-12-14-5-3-2-4-6-14/h2-11,13H,12,31H2,1H3. The molecule has 4 rings (SSSR count). The van der Waals surface area contributed by atoms with Crippen LogP contribution < -0.4 is 20.1 Å². The van der Waals surface area contributed by atoms with E-state index in [1.54, 1.807) is 0 Å². The van der Waals surface area contributed by atoms with Crippen molar-refractivity contribution in [2.45, 2.75) is 19.7 Å². The van der Waals surface area contributed by atoms with Crippen LogP contribution in [0, 0.1) is 11.7 Å². The quantitative estimate of drug-likeness (QED) is 0.315. The fraction of sp³-hybridized carbons (Fsp3) is 0.160. The number of hydrogen-bond acceptors (Lipinski definition) is 6. The van der Waals surface area contributed by atoms with Crippen LogP contribution in [-0.4, -0.2) is 23.0 Å². The smallest absolute Gasteiger partial charge is 0.413 e. The van der Waals surface area contributed by atoms with Crippen molar-refractivity contribution < 1.29 is 36.6 Å². The van der Waals surface area contributed by atoms with E-state index in [9.17, 15) is 27.2 Å². The molecule has 1 atom stereocenters. The highest BCUT2D eigenvalue weighted by Crippen LogP contribution is 2.40. The number of rotatable bonds is 6. The van der Waals surface area contributed by atoms with E-state index >= 15 is 0 Å². The van der Waals surface area contributed by atoms with Crippen LogP contribution in [0.2, 0.25) is 5.02 Å². The third-order valence-electron chi connectivity index (χ3n) is 5.42. The average Bonchev–Trinajstić information content (AvgIpc) is 2.84. The Morgan fingerprint density at radius 2 is 1.81 bits per heavy atom. The molecule has 1 aliphatic rings. The third kappa shape index (κ3) is 5.51. The lowest BCUT2D eigenvalue weighted by atomic mass is 9.94. The number of aromatic nitrogens is 1. The van der Waals surface area contributed by atoms with Crippen molar-refractivity contribution in [3.8, 4) is 17.5 Å². The molecule has 0 aliphatic carbocycles. The maximum atomic E-state index is 14.8. The minimum Gasteiger partial charge on any atom is -0.471 e. The van der Waals surface area contributed by atoms with E-state index < -0.39 is 41.0 Å². The summed E-state index contributed by atoms with van der Waals surface area (Å²) in [7, 11) is 0. The Balaban J connectivity index is 1.62. The number of halogens is 5. The summed E-state index contributed by atoms with van der Waals surface area (Å²) in [4.78, 5) is 29.6. The molecule has 3 aromatic rings. The normalized spacial score (nSPS) is 16.0. The molecular formula is C25H18ClF4N3O4. The van der Waals surface area contributed by atoms with Crippen LogP contribution in [0.1, 0.15) is 12.5 Å². The first-order valence-electron chi connectivity index (χ1n) is 10.7.